The van der Waals surface area contributed by atoms with Crippen molar-refractivity contribution in [2.75, 3.05) is 31.2 Å². The summed E-state index contributed by atoms with van der Waals surface area (Å²) in [5.41, 5.74) is 12.2. The Morgan fingerprint density at radius 1 is 1.28 bits per heavy atom. The number of hydrogen-bond donors (Lipinski definition) is 6. The van der Waals surface area contributed by atoms with E-state index in [1.165, 1.54) is 0 Å². The van der Waals surface area contributed by atoms with Crippen LogP contribution in [0.3, 0.4) is 0 Å². The number of aliphatic hydroxyl groups is 2. The van der Waals surface area contributed by atoms with Crippen LogP contribution in [0.4, 0.5) is 11.6 Å². The normalized spacial score (nSPS) is 17.6. The van der Waals surface area contributed by atoms with Crippen molar-refractivity contribution in [2.24, 2.45) is 4.99 Å². The van der Waals surface area contributed by atoms with Gasteiger partial charge in [-0.25, -0.2) is 9.97 Å². The lowest BCUT2D eigenvalue weighted by molar-refractivity contribution is 0.0536. The second kappa shape index (κ2) is 10.9. The van der Waals surface area contributed by atoms with Crippen LogP contribution in [-0.2, 0) is 6.42 Å². The minimum Gasteiger partial charge on any atom is -0.491 e. The van der Waals surface area contributed by atoms with Crippen LogP contribution < -0.4 is 26.8 Å². The molecule has 1 aromatic heterocycles. The van der Waals surface area contributed by atoms with Crippen LogP contribution in [0.2, 0.25) is 5.15 Å². The van der Waals surface area contributed by atoms with Crippen molar-refractivity contribution in [2.45, 2.75) is 31.4 Å². The molecule has 0 saturated carbocycles. The van der Waals surface area contributed by atoms with Gasteiger partial charge in [-0.05, 0) is 37.0 Å². The number of aryl methyl sites for hydroxylation is 1. The van der Waals surface area contributed by atoms with E-state index in [0.29, 0.717) is 18.3 Å². The molecule has 1 aliphatic heterocycles. The quantitative estimate of drug-likeness (QED) is 0.298. The van der Waals surface area contributed by atoms with E-state index >= 15 is 0 Å². The maximum atomic E-state index is 12.3. The topological polar surface area (TPSA) is 181 Å². The summed E-state index contributed by atoms with van der Waals surface area (Å²) >= 11 is 5.81. The SMILES string of the molecule is Nc1nc(N)c(C(=O)/N=C2/NC[C@H](CCCc3ccc(OC[C@H](O)CO)cc3)N2)nc1Cl. The Bertz CT molecular complexity index is 971. The number of carbonyl (C=O) groups excluding carboxylic acids is 1. The predicted molar refractivity (Wildman–Crippen MR) is 121 cm³/mol. The summed E-state index contributed by atoms with van der Waals surface area (Å²) in [6.07, 6.45) is 1.78. The highest BCUT2D eigenvalue weighted by Gasteiger charge is 2.21. The molecule has 32 heavy (non-hydrogen) atoms. The third-order valence-electron chi connectivity index (χ3n) is 4.77. The van der Waals surface area contributed by atoms with E-state index in [1.807, 2.05) is 24.3 Å². The number of amides is 1. The lowest BCUT2D eigenvalue weighted by Crippen LogP contribution is -2.29. The van der Waals surface area contributed by atoms with Gasteiger partial charge >= 0.3 is 5.91 Å². The van der Waals surface area contributed by atoms with Crippen LogP contribution in [0.25, 0.3) is 0 Å². The van der Waals surface area contributed by atoms with Gasteiger partial charge in [0.15, 0.2) is 28.4 Å². The molecule has 172 valence electrons. The summed E-state index contributed by atoms with van der Waals surface area (Å²) in [6.45, 7) is 0.351. The highest BCUT2D eigenvalue weighted by molar-refractivity contribution is 6.31. The molecule has 0 bridgehead atoms. The number of nitrogens with zero attached hydrogens (tertiary/aromatic N) is 3. The number of nitrogen functional groups attached to an aromatic ring is 2. The zero-order valence-electron chi connectivity index (χ0n) is 17.3. The smallest absolute Gasteiger partial charge is 0.302 e. The minimum absolute atomic E-state index is 0.0480. The Hall–Kier alpha value is -3.15. The summed E-state index contributed by atoms with van der Waals surface area (Å²) in [6, 6.07) is 7.74. The molecule has 8 N–H and O–H groups in total. The first-order valence-electron chi connectivity index (χ1n) is 10.1. The molecule has 2 aromatic rings. The van der Waals surface area contributed by atoms with Gasteiger partial charge in [0.05, 0.1) is 6.61 Å². The van der Waals surface area contributed by atoms with Crippen molar-refractivity contribution in [3.8, 4) is 5.75 Å². The van der Waals surface area contributed by atoms with Gasteiger partial charge < -0.3 is 37.1 Å². The lowest BCUT2D eigenvalue weighted by Gasteiger charge is -2.11. The third kappa shape index (κ3) is 6.42. The van der Waals surface area contributed by atoms with Crippen LogP contribution >= 0.6 is 11.6 Å². The molecular formula is C20H26ClN7O4. The Morgan fingerprint density at radius 2 is 2.03 bits per heavy atom. The number of carbonyl (C=O) groups is 1. The largest absolute Gasteiger partial charge is 0.491 e. The van der Waals surface area contributed by atoms with E-state index < -0.39 is 12.0 Å². The van der Waals surface area contributed by atoms with Crippen molar-refractivity contribution in [1.82, 2.24) is 20.6 Å². The number of halogens is 1. The summed E-state index contributed by atoms with van der Waals surface area (Å²) in [5.74, 6) is 0.147. The number of anilines is 2. The Balaban J connectivity index is 1.44. The number of aliphatic imine (C=N–C) groups is 1. The monoisotopic (exact) mass is 463 g/mol. The van der Waals surface area contributed by atoms with Crippen LogP contribution in [-0.4, -0.2) is 64.0 Å². The third-order valence-corrected chi connectivity index (χ3v) is 5.05. The number of rotatable bonds is 9. The van der Waals surface area contributed by atoms with Crippen molar-refractivity contribution in [1.29, 1.82) is 0 Å². The first-order valence-corrected chi connectivity index (χ1v) is 10.5. The van der Waals surface area contributed by atoms with E-state index in [2.05, 4.69) is 25.6 Å². The van der Waals surface area contributed by atoms with Crippen molar-refractivity contribution in [3.63, 3.8) is 0 Å². The molecule has 0 unspecified atom stereocenters. The van der Waals surface area contributed by atoms with E-state index in [9.17, 15) is 9.90 Å². The summed E-state index contributed by atoms with van der Waals surface area (Å²) in [4.78, 5) is 23.9. The van der Waals surface area contributed by atoms with Gasteiger partial charge in [0.1, 0.15) is 18.5 Å². The van der Waals surface area contributed by atoms with E-state index in [1.54, 1.807) is 0 Å². The van der Waals surface area contributed by atoms with Gasteiger partial charge in [0.25, 0.3) is 0 Å². The fourth-order valence-corrected chi connectivity index (χ4v) is 3.19. The molecule has 1 fully saturated rings. The van der Waals surface area contributed by atoms with E-state index in [0.717, 1.165) is 24.8 Å². The molecule has 0 radical (unpaired) electrons. The fourth-order valence-electron chi connectivity index (χ4n) is 3.06. The number of guanidine groups is 1. The minimum atomic E-state index is -0.888. The second-order valence-electron chi connectivity index (χ2n) is 7.30. The maximum Gasteiger partial charge on any atom is 0.302 e. The molecular weight excluding hydrogens is 438 g/mol. The number of ether oxygens (including phenoxy) is 1. The van der Waals surface area contributed by atoms with Gasteiger partial charge in [0.2, 0.25) is 0 Å². The van der Waals surface area contributed by atoms with Gasteiger partial charge in [-0.15, -0.1) is 0 Å². The van der Waals surface area contributed by atoms with Gasteiger partial charge in [-0.2, -0.15) is 4.99 Å². The molecule has 1 amide bonds. The Morgan fingerprint density at radius 3 is 2.75 bits per heavy atom. The van der Waals surface area contributed by atoms with Crippen LogP contribution in [0.1, 0.15) is 28.9 Å². The number of hydrogen-bond acceptors (Lipinski definition) is 8. The van der Waals surface area contributed by atoms with Crippen LogP contribution in [0.5, 0.6) is 5.75 Å². The van der Waals surface area contributed by atoms with Gasteiger partial charge in [-0.3, -0.25) is 4.79 Å². The van der Waals surface area contributed by atoms with Crippen molar-refractivity contribution < 1.29 is 19.7 Å². The van der Waals surface area contributed by atoms with Gasteiger partial charge in [0, 0.05) is 12.6 Å². The molecule has 11 nitrogen and oxygen atoms in total. The number of aliphatic hydroxyl groups excluding tert-OH is 2. The maximum absolute atomic E-state index is 12.3. The molecule has 0 aliphatic carbocycles. The standard InChI is InChI=1S/C20H26ClN7O4/c21-16-18(23)27-17(22)15(26-16)19(31)28-20-24-8-12(25-20)3-1-2-11-4-6-14(7-5-11)32-10-13(30)9-29/h4-7,12-13,29-30H,1-3,8-10H2,(H4,22,23,27)(H2,24,25,28,31)/t12-,13+/m0/s1. The number of nitrogens with one attached hydrogen (secondary N) is 2. The molecule has 1 saturated heterocycles. The zero-order valence-corrected chi connectivity index (χ0v) is 18.0. The van der Waals surface area contributed by atoms with Gasteiger partial charge in [-0.1, -0.05) is 23.7 Å². The van der Waals surface area contributed by atoms with Crippen LogP contribution in [0.15, 0.2) is 29.3 Å². The Labute approximate surface area is 189 Å². The molecule has 12 heteroatoms. The molecule has 3 rings (SSSR count). The highest BCUT2D eigenvalue weighted by Crippen LogP contribution is 2.18. The van der Waals surface area contributed by atoms with Crippen molar-refractivity contribution in [3.05, 3.63) is 40.7 Å². The lowest BCUT2D eigenvalue weighted by atomic mass is 10.1. The first-order chi connectivity index (χ1) is 15.4. The van der Waals surface area contributed by atoms with Crippen LogP contribution in [0, 0.1) is 0 Å². The average molecular weight is 464 g/mol. The number of nitrogens with two attached hydrogens (primary N) is 2. The van der Waals surface area contributed by atoms with E-state index in [4.69, 9.17) is 32.9 Å². The molecule has 0 spiro atoms. The average Bonchev–Trinajstić information content (AvgIpc) is 3.22. The number of benzene rings is 1. The molecule has 1 aromatic carbocycles. The van der Waals surface area contributed by atoms with E-state index in [-0.39, 0.29) is 41.7 Å². The Kier molecular flexibility index (Phi) is 8.03. The fraction of sp³-hybridized carbons (Fsp3) is 0.400. The summed E-state index contributed by atoms with van der Waals surface area (Å²) in [7, 11) is 0. The summed E-state index contributed by atoms with van der Waals surface area (Å²) < 4.78 is 5.40. The summed E-state index contributed by atoms with van der Waals surface area (Å²) in [5, 5.41) is 24.2. The molecule has 2 heterocycles. The predicted octanol–water partition coefficient (Wildman–Crippen LogP) is 0.107. The zero-order chi connectivity index (χ0) is 23.1. The van der Waals surface area contributed by atoms with Crippen molar-refractivity contribution >= 4 is 35.1 Å². The molecule has 1 aliphatic rings. The number of aromatic nitrogens is 2. The second-order valence-corrected chi connectivity index (χ2v) is 7.66. The molecule has 2 atom stereocenters. The first kappa shape index (κ1) is 23.5. The highest BCUT2D eigenvalue weighted by atomic mass is 35.5.